The standard InChI is InChI=1S/C11H13ClN2/c1-7-10(8-4-5-8)13-11-9(12)3-2-6-14(7)11/h2-3,6,8,11,13H,4-5H2,1H3. The molecule has 14 heavy (non-hydrogen) atoms. The zero-order valence-electron chi connectivity index (χ0n) is 8.13. The number of allylic oxidation sites excluding steroid dienone is 4. The third kappa shape index (κ3) is 1.10. The molecule has 3 aliphatic rings. The van der Waals surface area contributed by atoms with E-state index in [2.05, 4.69) is 23.3 Å². The number of hydrogen-bond donors (Lipinski definition) is 1. The summed E-state index contributed by atoms with van der Waals surface area (Å²) in [6.45, 7) is 2.17. The highest BCUT2D eigenvalue weighted by molar-refractivity contribution is 6.30. The van der Waals surface area contributed by atoms with Gasteiger partial charge in [0.1, 0.15) is 6.17 Å². The van der Waals surface area contributed by atoms with Gasteiger partial charge in [0.2, 0.25) is 0 Å². The summed E-state index contributed by atoms with van der Waals surface area (Å²) in [5.41, 5.74) is 2.73. The number of fused-ring (bicyclic) bond motifs is 1. The van der Waals surface area contributed by atoms with E-state index in [9.17, 15) is 0 Å². The molecule has 2 heterocycles. The van der Waals surface area contributed by atoms with Gasteiger partial charge in [-0.2, -0.15) is 0 Å². The van der Waals surface area contributed by atoms with Gasteiger partial charge in [0.05, 0.1) is 5.03 Å². The predicted octanol–water partition coefficient (Wildman–Crippen LogP) is 2.51. The lowest BCUT2D eigenvalue weighted by atomic mass is 10.2. The maximum absolute atomic E-state index is 6.15. The Labute approximate surface area is 88.9 Å². The fourth-order valence-corrected chi connectivity index (χ4v) is 2.39. The average Bonchev–Trinajstić information content (AvgIpc) is 2.94. The van der Waals surface area contributed by atoms with Gasteiger partial charge in [-0.1, -0.05) is 11.6 Å². The molecular weight excluding hydrogens is 196 g/mol. The van der Waals surface area contributed by atoms with Crippen LogP contribution >= 0.6 is 11.6 Å². The summed E-state index contributed by atoms with van der Waals surface area (Å²) >= 11 is 6.15. The summed E-state index contributed by atoms with van der Waals surface area (Å²) < 4.78 is 0. The first-order valence-corrected chi connectivity index (χ1v) is 5.44. The summed E-state index contributed by atoms with van der Waals surface area (Å²) in [5, 5.41) is 4.39. The summed E-state index contributed by atoms with van der Waals surface area (Å²) in [6, 6.07) is 0. The van der Waals surface area contributed by atoms with Crippen LogP contribution in [0.3, 0.4) is 0 Å². The van der Waals surface area contributed by atoms with Crippen molar-refractivity contribution in [2.24, 2.45) is 5.92 Å². The van der Waals surface area contributed by atoms with Crippen molar-refractivity contribution in [1.82, 2.24) is 10.2 Å². The van der Waals surface area contributed by atoms with Gasteiger partial charge >= 0.3 is 0 Å². The normalized spacial score (nSPS) is 30.3. The molecule has 1 aliphatic carbocycles. The maximum atomic E-state index is 6.15. The maximum Gasteiger partial charge on any atom is 0.140 e. The first-order valence-electron chi connectivity index (χ1n) is 5.07. The molecule has 0 aromatic rings. The van der Waals surface area contributed by atoms with E-state index in [-0.39, 0.29) is 6.17 Å². The van der Waals surface area contributed by atoms with Gasteiger partial charge in [0.15, 0.2) is 0 Å². The van der Waals surface area contributed by atoms with Crippen molar-refractivity contribution >= 4 is 11.6 Å². The molecule has 0 saturated heterocycles. The number of hydrogen-bond acceptors (Lipinski definition) is 2. The summed E-state index contributed by atoms with van der Waals surface area (Å²) in [4.78, 5) is 2.22. The van der Waals surface area contributed by atoms with Crippen LogP contribution in [-0.2, 0) is 0 Å². The molecular formula is C11H13ClN2. The molecule has 1 unspecified atom stereocenters. The van der Waals surface area contributed by atoms with Crippen molar-refractivity contribution in [2.75, 3.05) is 0 Å². The second-order valence-corrected chi connectivity index (χ2v) is 4.56. The molecule has 3 heteroatoms. The third-order valence-corrected chi connectivity index (χ3v) is 3.43. The van der Waals surface area contributed by atoms with E-state index < -0.39 is 0 Å². The van der Waals surface area contributed by atoms with E-state index in [1.54, 1.807) is 0 Å². The van der Waals surface area contributed by atoms with E-state index in [0.29, 0.717) is 0 Å². The Morgan fingerprint density at radius 1 is 1.50 bits per heavy atom. The molecule has 3 rings (SSSR count). The van der Waals surface area contributed by atoms with Crippen LogP contribution < -0.4 is 5.32 Å². The SMILES string of the molecule is CC1=C(C2CC2)NC2C(Cl)=CC=CN12. The number of nitrogens with zero attached hydrogens (tertiary/aromatic N) is 1. The molecule has 74 valence electrons. The molecule has 1 fully saturated rings. The molecule has 0 radical (unpaired) electrons. The van der Waals surface area contributed by atoms with Gasteiger partial charge in [0, 0.05) is 23.5 Å². The smallest absolute Gasteiger partial charge is 0.140 e. The van der Waals surface area contributed by atoms with Crippen LogP contribution in [0.1, 0.15) is 19.8 Å². The Morgan fingerprint density at radius 3 is 2.93 bits per heavy atom. The Hall–Kier alpha value is -0.890. The van der Waals surface area contributed by atoms with Gasteiger partial charge in [0.25, 0.3) is 0 Å². The van der Waals surface area contributed by atoms with E-state index in [0.717, 1.165) is 11.0 Å². The molecule has 0 amide bonds. The average molecular weight is 209 g/mol. The zero-order valence-corrected chi connectivity index (χ0v) is 8.88. The summed E-state index contributed by atoms with van der Waals surface area (Å²) in [7, 11) is 0. The van der Waals surface area contributed by atoms with Crippen LogP contribution in [0.15, 0.2) is 34.8 Å². The Kier molecular flexibility index (Phi) is 1.68. The lowest BCUT2D eigenvalue weighted by Crippen LogP contribution is -2.35. The van der Waals surface area contributed by atoms with Gasteiger partial charge in [-0.25, -0.2) is 0 Å². The molecule has 1 atom stereocenters. The van der Waals surface area contributed by atoms with E-state index in [1.165, 1.54) is 24.2 Å². The van der Waals surface area contributed by atoms with Gasteiger partial charge < -0.3 is 10.2 Å². The van der Waals surface area contributed by atoms with Crippen molar-refractivity contribution in [1.29, 1.82) is 0 Å². The second-order valence-electron chi connectivity index (χ2n) is 4.12. The lowest BCUT2D eigenvalue weighted by molar-refractivity contribution is 0.393. The molecule has 0 aromatic carbocycles. The van der Waals surface area contributed by atoms with Crippen LogP contribution in [0.5, 0.6) is 0 Å². The van der Waals surface area contributed by atoms with Crippen LogP contribution in [0.4, 0.5) is 0 Å². The van der Waals surface area contributed by atoms with E-state index >= 15 is 0 Å². The van der Waals surface area contributed by atoms with E-state index in [1.807, 2.05) is 12.2 Å². The third-order valence-electron chi connectivity index (χ3n) is 3.10. The molecule has 0 spiro atoms. The van der Waals surface area contributed by atoms with Crippen molar-refractivity contribution in [3.63, 3.8) is 0 Å². The fourth-order valence-electron chi connectivity index (χ4n) is 2.16. The van der Waals surface area contributed by atoms with Crippen LogP contribution in [0.25, 0.3) is 0 Å². The molecule has 0 bridgehead atoms. The first kappa shape index (κ1) is 8.42. The zero-order chi connectivity index (χ0) is 9.71. The topological polar surface area (TPSA) is 15.3 Å². The minimum Gasteiger partial charge on any atom is -0.362 e. The summed E-state index contributed by atoms with van der Waals surface area (Å²) in [5.74, 6) is 0.762. The monoisotopic (exact) mass is 208 g/mol. The minimum atomic E-state index is 0.164. The summed E-state index contributed by atoms with van der Waals surface area (Å²) in [6.07, 6.45) is 8.86. The Morgan fingerprint density at radius 2 is 2.29 bits per heavy atom. The van der Waals surface area contributed by atoms with E-state index in [4.69, 9.17) is 11.6 Å². The highest BCUT2D eigenvalue weighted by atomic mass is 35.5. The largest absolute Gasteiger partial charge is 0.362 e. The highest BCUT2D eigenvalue weighted by Crippen LogP contribution is 2.42. The second kappa shape index (κ2) is 2.80. The van der Waals surface area contributed by atoms with Crippen LogP contribution in [0.2, 0.25) is 0 Å². The molecule has 1 saturated carbocycles. The van der Waals surface area contributed by atoms with Crippen molar-refractivity contribution in [3.05, 3.63) is 34.8 Å². The molecule has 1 N–H and O–H groups in total. The van der Waals surface area contributed by atoms with Crippen LogP contribution in [-0.4, -0.2) is 11.1 Å². The predicted molar refractivity (Wildman–Crippen MR) is 57.3 cm³/mol. The molecule has 2 nitrogen and oxygen atoms in total. The van der Waals surface area contributed by atoms with Gasteiger partial charge in [-0.3, -0.25) is 0 Å². The van der Waals surface area contributed by atoms with Gasteiger partial charge in [-0.15, -0.1) is 0 Å². The highest BCUT2D eigenvalue weighted by Gasteiger charge is 2.37. The minimum absolute atomic E-state index is 0.164. The Balaban J connectivity index is 1.94. The van der Waals surface area contributed by atoms with Crippen LogP contribution in [0, 0.1) is 5.92 Å². The first-order chi connectivity index (χ1) is 6.77. The van der Waals surface area contributed by atoms with Gasteiger partial charge in [-0.05, 0) is 31.9 Å². The quantitative estimate of drug-likeness (QED) is 0.713. The number of nitrogens with one attached hydrogen (secondary N) is 1. The van der Waals surface area contributed by atoms with Crippen molar-refractivity contribution < 1.29 is 0 Å². The number of halogens is 1. The van der Waals surface area contributed by atoms with Crippen molar-refractivity contribution in [3.8, 4) is 0 Å². The number of rotatable bonds is 1. The lowest BCUT2D eigenvalue weighted by Gasteiger charge is -2.26. The fraction of sp³-hybridized carbons (Fsp3) is 0.455. The molecule has 0 aromatic heterocycles. The Bertz CT molecular complexity index is 363. The molecule has 2 aliphatic heterocycles. The van der Waals surface area contributed by atoms with Crippen molar-refractivity contribution in [2.45, 2.75) is 25.9 Å².